The number of carbonyl (C=O) groups excluding carboxylic acids is 2. The molecule has 0 rings (SSSR count). The first-order valence-electron chi connectivity index (χ1n) is 9.95. The van der Waals surface area contributed by atoms with Crippen LogP contribution in [0.2, 0.25) is 0 Å². The van der Waals surface area contributed by atoms with E-state index < -0.39 is 0 Å². The lowest BCUT2D eigenvalue weighted by atomic mass is 10.1. The van der Waals surface area contributed by atoms with Crippen LogP contribution >= 0.6 is 0 Å². The molecule has 0 aliphatic carbocycles. The summed E-state index contributed by atoms with van der Waals surface area (Å²) in [6, 6.07) is 0. The highest BCUT2D eigenvalue weighted by molar-refractivity contribution is 5.66. The fraction of sp³-hybridized carbons (Fsp3) is 0.810. The maximum absolute atomic E-state index is 11.1. The first-order valence-corrected chi connectivity index (χ1v) is 9.95. The summed E-state index contributed by atoms with van der Waals surface area (Å²) in [7, 11) is 0. The van der Waals surface area contributed by atoms with Crippen molar-refractivity contribution in [2.24, 2.45) is 0 Å². The van der Waals surface area contributed by atoms with Crippen molar-refractivity contribution in [2.45, 2.75) is 111 Å². The normalized spacial score (nSPS) is 13.6. The second-order valence-corrected chi connectivity index (χ2v) is 6.83. The molecule has 0 heterocycles. The smallest absolute Gasteiger partial charge is 0.302 e. The van der Waals surface area contributed by atoms with Crippen LogP contribution in [-0.4, -0.2) is 24.1 Å². The van der Waals surface area contributed by atoms with E-state index in [1.165, 1.54) is 26.7 Å². The van der Waals surface area contributed by atoms with E-state index in [2.05, 4.69) is 19.1 Å². The standard InChI is InChI=1S/C21H38O4/c1-5-6-16-21(25-20(4)23)17-14-12-10-8-7-9-11-13-15-18(2)24-19(3)22/h8,10,18,21H,5-7,9,11-17H2,1-4H3/b10-8-/t18-,21-/m1/s1. The largest absolute Gasteiger partial charge is 0.463 e. The third-order valence-electron chi connectivity index (χ3n) is 4.12. The Kier molecular flexibility index (Phi) is 15.3. The van der Waals surface area contributed by atoms with Gasteiger partial charge < -0.3 is 9.47 Å². The molecule has 0 aliphatic heterocycles. The van der Waals surface area contributed by atoms with Crippen LogP contribution in [0, 0.1) is 0 Å². The molecule has 0 saturated heterocycles. The molecule has 0 fully saturated rings. The number of hydrogen-bond acceptors (Lipinski definition) is 4. The highest BCUT2D eigenvalue weighted by Crippen LogP contribution is 2.14. The Morgan fingerprint density at radius 2 is 1.40 bits per heavy atom. The van der Waals surface area contributed by atoms with Crippen molar-refractivity contribution >= 4 is 11.9 Å². The topological polar surface area (TPSA) is 52.6 Å². The second kappa shape index (κ2) is 16.2. The molecule has 0 radical (unpaired) electrons. The van der Waals surface area contributed by atoms with Crippen LogP contribution in [0.5, 0.6) is 0 Å². The number of rotatable bonds is 15. The van der Waals surface area contributed by atoms with Gasteiger partial charge in [-0.25, -0.2) is 0 Å². The monoisotopic (exact) mass is 354 g/mol. The lowest BCUT2D eigenvalue weighted by Gasteiger charge is -2.16. The molecule has 0 spiro atoms. The fourth-order valence-corrected chi connectivity index (χ4v) is 2.84. The van der Waals surface area contributed by atoms with Crippen LogP contribution in [0.4, 0.5) is 0 Å². The molecule has 25 heavy (non-hydrogen) atoms. The van der Waals surface area contributed by atoms with E-state index in [0.717, 1.165) is 57.8 Å². The first-order chi connectivity index (χ1) is 12.0. The Labute approximate surface area is 154 Å². The summed E-state index contributed by atoms with van der Waals surface area (Å²) in [5, 5.41) is 0. The van der Waals surface area contributed by atoms with Gasteiger partial charge in [0.2, 0.25) is 0 Å². The summed E-state index contributed by atoms with van der Waals surface area (Å²) in [5.41, 5.74) is 0. The summed E-state index contributed by atoms with van der Waals surface area (Å²) in [5.74, 6) is -0.360. The van der Waals surface area contributed by atoms with Crippen LogP contribution in [0.1, 0.15) is 98.3 Å². The van der Waals surface area contributed by atoms with E-state index in [9.17, 15) is 9.59 Å². The van der Waals surface area contributed by atoms with Crippen LogP contribution in [0.3, 0.4) is 0 Å². The van der Waals surface area contributed by atoms with E-state index >= 15 is 0 Å². The average Bonchev–Trinajstić information content (AvgIpc) is 2.52. The summed E-state index contributed by atoms with van der Waals surface area (Å²) in [4.78, 5) is 21.9. The lowest BCUT2D eigenvalue weighted by molar-refractivity contribution is -0.147. The predicted molar refractivity (Wildman–Crippen MR) is 102 cm³/mol. The average molecular weight is 355 g/mol. The number of carbonyl (C=O) groups is 2. The zero-order valence-corrected chi connectivity index (χ0v) is 16.7. The van der Waals surface area contributed by atoms with Gasteiger partial charge in [-0.1, -0.05) is 38.3 Å². The molecule has 0 unspecified atom stereocenters. The van der Waals surface area contributed by atoms with Crippen LogP contribution in [0.25, 0.3) is 0 Å². The van der Waals surface area contributed by atoms with Crippen LogP contribution in [0.15, 0.2) is 12.2 Å². The molecule has 0 aliphatic rings. The number of hydrogen-bond donors (Lipinski definition) is 0. The minimum absolute atomic E-state index is 0.0333. The van der Waals surface area contributed by atoms with Gasteiger partial charge in [0.1, 0.15) is 6.10 Å². The Hall–Kier alpha value is -1.32. The lowest BCUT2D eigenvalue weighted by Crippen LogP contribution is -2.16. The summed E-state index contributed by atoms with van der Waals surface area (Å²) >= 11 is 0. The number of allylic oxidation sites excluding steroid dienone is 2. The molecule has 0 aromatic heterocycles. The maximum Gasteiger partial charge on any atom is 0.302 e. The highest BCUT2D eigenvalue weighted by Gasteiger charge is 2.10. The number of unbranched alkanes of at least 4 members (excludes halogenated alkanes) is 5. The summed E-state index contributed by atoms with van der Waals surface area (Å²) in [6.45, 7) is 7.06. The second-order valence-electron chi connectivity index (χ2n) is 6.83. The molecule has 2 atom stereocenters. The Morgan fingerprint density at radius 3 is 2.00 bits per heavy atom. The zero-order valence-electron chi connectivity index (χ0n) is 16.7. The molecular weight excluding hydrogens is 316 g/mol. The molecule has 4 nitrogen and oxygen atoms in total. The molecule has 146 valence electrons. The van der Waals surface area contributed by atoms with E-state index in [4.69, 9.17) is 9.47 Å². The van der Waals surface area contributed by atoms with Gasteiger partial charge in [-0.15, -0.1) is 0 Å². The van der Waals surface area contributed by atoms with Crippen molar-refractivity contribution in [1.82, 2.24) is 0 Å². The summed E-state index contributed by atoms with van der Waals surface area (Å²) in [6.07, 6.45) is 16.4. The van der Waals surface area contributed by atoms with E-state index in [1.807, 2.05) is 6.92 Å². The Morgan fingerprint density at radius 1 is 0.800 bits per heavy atom. The number of esters is 2. The van der Waals surface area contributed by atoms with Gasteiger partial charge in [-0.3, -0.25) is 9.59 Å². The Bertz CT molecular complexity index is 376. The fourth-order valence-electron chi connectivity index (χ4n) is 2.84. The minimum Gasteiger partial charge on any atom is -0.463 e. The van der Waals surface area contributed by atoms with Crippen molar-refractivity contribution < 1.29 is 19.1 Å². The van der Waals surface area contributed by atoms with Gasteiger partial charge in [-0.2, -0.15) is 0 Å². The number of ether oxygens (including phenoxy) is 2. The van der Waals surface area contributed by atoms with Gasteiger partial charge in [0.15, 0.2) is 0 Å². The van der Waals surface area contributed by atoms with Crippen molar-refractivity contribution in [3.8, 4) is 0 Å². The molecular formula is C21H38O4. The Balaban J connectivity index is 3.61. The molecule has 0 N–H and O–H groups in total. The van der Waals surface area contributed by atoms with E-state index in [0.29, 0.717) is 0 Å². The van der Waals surface area contributed by atoms with E-state index in [1.54, 1.807) is 0 Å². The van der Waals surface area contributed by atoms with Crippen molar-refractivity contribution in [3.05, 3.63) is 12.2 Å². The first kappa shape index (κ1) is 23.7. The van der Waals surface area contributed by atoms with Crippen molar-refractivity contribution in [1.29, 1.82) is 0 Å². The SMILES string of the molecule is CCCC[C@H](CCC/C=C\CCCCC[C@@H](C)OC(C)=O)OC(C)=O. The van der Waals surface area contributed by atoms with Gasteiger partial charge in [0.25, 0.3) is 0 Å². The quantitative estimate of drug-likeness (QED) is 0.214. The maximum atomic E-state index is 11.1. The van der Waals surface area contributed by atoms with Crippen LogP contribution < -0.4 is 0 Å². The molecule has 0 bridgehead atoms. The molecule has 0 aromatic carbocycles. The van der Waals surface area contributed by atoms with Crippen molar-refractivity contribution in [3.63, 3.8) is 0 Å². The zero-order chi connectivity index (χ0) is 18.9. The minimum atomic E-state index is -0.193. The third kappa shape index (κ3) is 17.3. The van der Waals surface area contributed by atoms with Gasteiger partial charge in [-0.05, 0) is 58.3 Å². The van der Waals surface area contributed by atoms with E-state index in [-0.39, 0.29) is 24.1 Å². The molecule has 0 amide bonds. The molecule has 4 heteroatoms. The van der Waals surface area contributed by atoms with Gasteiger partial charge >= 0.3 is 11.9 Å². The van der Waals surface area contributed by atoms with Gasteiger partial charge in [0.05, 0.1) is 6.10 Å². The highest BCUT2D eigenvalue weighted by atomic mass is 16.5. The van der Waals surface area contributed by atoms with Crippen LogP contribution in [-0.2, 0) is 19.1 Å². The third-order valence-corrected chi connectivity index (χ3v) is 4.12. The van der Waals surface area contributed by atoms with Gasteiger partial charge in [0, 0.05) is 13.8 Å². The molecule has 0 aromatic rings. The van der Waals surface area contributed by atoms with Crippen molar-refractivity contribution in [2.75, 3.05) is 0 Å². The summed E-state index contributed by atoms with van der Waals surface area (Å²) < 4.78 is 10.5. The molecule has 0 saturated carbocycles. The predicted octanol–water partition coefficient (Wildman–Crippen LogP) is 5.74.